The Kier molecular flexibility index (Phi) is 8.36. The Morgan fingerprint density at radius 3 is 2.78 bits per heavy atom. The van der Waals surface area contributed by atoms with Gasteiger partial charge in [-0.3, -0.25) is 0 Å². The van der Waals surface area contributed by atoms with E-state index in [1.807, 2.05) is 0 Å². The van der Waals surface area contributed by atoms with Crippen LogP contribution in [0.1, 0.15) is 52.4 Å². The van der Waals surface area contributed by atoms with Crippen molar-refractivity contribution in [2.45, 2.75) is 52.4 Å². The largest absolute Gasteiger partial charge is 0.383 e. The third kappa shape index (κ3) is 5.53. The van der Waals surface area contributed by atoms with Crippen molar-refractivity contribution in [1.82, 2.24) is 5.32 Å². The highest BCUT2D eigenvalue weighted by atomic mass is 16.5. The van der Waals surface area contributed by atoms with Gasteiger partial charge in [0.2, 0.25) is 0 Å². The molecule has 1 aliphatic rings. The summed E-state index contributed by atoms with van der Waals surface area (Å²) in [5.74, 6) is 1.80. The first-order valence-electron chi connectivity index (χ1n) is 7.65. The minimum absolute atomic E-state index is 0.809. The van der Waals surface area contributed by atoms with Crippen molar-refractivity contribution in [1.29, 1.82) is 0 Å². The van der Waals surface area contributed by atoms with Crippen molar-refractivity contribution < 1.29 is 4.74 Å². The van der Waals surface area contributed by atoms with Gasteiger partial charge >= 0.3 is 0 Å². The first-order chi connectivity index (χ1) is 8.79. The maximum Gasteiger partial charge on any atom is 0.0587 e. The molecule has 1 rings (SSSR count). The summed E-state index contributed by atoms with van der Waals surface area (Å²) in [5, 5.41) is 3.40. The van der Waals surface area contributed by atoms with Crippen molar-refractivity contribution in [3.05, 3.63) is 11.6 Å². The van der Waals surface area contributed by atoms with Gasteiger partial charge in [0.15, 0.2) is 0 Å². The summed E-state index contributed by atoms with van der Waals surface area (Å²) >= 11 is 0. The van der Waals surface area contributed by atoms with Gasteiger partial charge in [0.25, 0.3) is 0 Å². The van der Waals surface area contributed by atoms with Crippen LogP contribution >= 0.6 is 0 Å². The number of nitrogens with one attached hydrogen (secondary N) is 1. The van der Waals surface area contributed by atoms with Gasteiger partial charge in [0.05, 0.1) is 6.61 Å². The van der Waals surface area contributed by atoms with Crippen LogP contribution in [0, 0.1) is 11.8 Å². The molecule has 1 N–H and O–H groups in total. The van der Waals surface area contributed by atoms with Crippen LogP contribution in [0.25, 0.3) is 0 Å². The summed E-state index contributed by atoms with van der Waals surface area (Å²) in [5.41, 5.74) is 1.63. The molecular weight excluding hydrogens is 222 g/mol. The zero-order chi connectivity index (χ0) is 13.2. The monoisotopic (exact) mass is 253 g/mol. The van der Waals surface area contributed by atoms with Crippen molar-refractivity contribution in [3.63, 3.8) is 0 Å². The molecule has 0 radical (unpaired) electrons. The first-order valence-corrected chi connectivity index (χ1v) is 7.65. The molecular formula is C16H31NO. The second-order valence-corrected chi connectivity index (χ2v) is 5.54. The second-order valence-electron chi connectivity index (χ2n) is 5.54. The zero-order valence-corrected chi connectivity index (χ0v) is 12.5. The van der Waals surface area contributed by atoms with E-state index >= 15 is 0 Å². The van der Waals surface area contributed by atoms with Crippen LogP contribution in [0.5, 0.6) is 0 Å². The van der Waals surface area contributed by atoms with Gasteiger partial charge in [0, 0.05) is 13.7 Å². The van der Waals surface area contributed by atoms with Gasteiger partial charge in [-0.2, -0.15) is 0 Å². The summed E-state index contributed by atoms with van der Waals surface area (Å²) in [6.07, 6.45) is 10.7. The first kappa shape index (κ1) is 15.7. The maximum atomic E-state index is 5.02. The molecule has 0 saturated heterocycles. The van der Waals surface area contributed by atoms with Crippen molar-refractivity contribution in [2.75, 3.05) is 26.8 Å². The predicted molar refractivity (Wildman–Crippen MR) is 78.9 cm³/mol. The highest BCUT2D eigenvalue weighted by Crippen LogP contribution is 2.36. The van der Waals surface area contributed by atoms with E-state index in [0.717, 1.165) is 38.0 Å². The summed E-state index contributed by atoms with van der Waals surface area (Å²) in [7, 11) is 1.75. The van der Waals surface area contributed by atoms with E-state index < -0.39 is 0 Å². The molecule has 1 fully saturated rings. The van der Waals surface area contributed by atoms with E-state index in [0.29, 0.717) is 0 Å². The Bertz CT molecular complexity index is 237. The smallest absolute Gasteiger partial charge is 0.0587 e. The Morgan fingerprint density at radius 2 is 2.06 bits per heavy atom. The molecule has 0 aromatic heterocycles. The molecule has 0 spiro atoms. The standard InChI is InChI=1S/C16H31NO/c1-4-15-9-5-6-10-16(15)14(2)8-7-11-17-12-13-18-3/h8,15-17H,4-7,9-13H2,1-3H3. The molecule has 0 aromatic rings. The van der Waals surface area contributed by atoms with Crippen LogP contribution in [0.3, 0.4) is 0 Å². The molecule has 2 nitrogen and oxygen atoms in total. The average molecular weight is 253 g/mol. The number of methoxy groups -OCH3 is 1. The molecule has 2 unspecified atom stereocenters. The Morgan fingerprint density at radius 1 is 1.28 bits per heavy atom. The lowest BCUT2D eigenvalue weighted by atomic mass is 9.74. The van der Waals surface area contributed by atoms with Crippen LogP contribution in [-0.2, 0) is 4.74 Å². The van der Waals surface area contributed by atoms with Crippen molar-refractivity contribution >= 4 is 0 Å². The quantitative estimate of drug-likeness (QED) is 0.525. The molecule has 18 heavy (non-hydrogen) atoms. The molecule has 1 saturated carbocycles. The fraction of sp³-hybridized carbons (Fsp3) is 0.875. The Labute approximate surface area is 113 Å². The predicted octanol–water partition coefficient (Wildman–Crippen LogP) is 3.78. The van der Waals surface area contributed by atoms with E-state index in [9.17, 15) is 0 Å². The molecule has 2 heteroatoms. The Hall–Kier alpha value is -0.340. The highest BCUT2D eigenvalue weighted by Gasteiger charge is 2.24. The van der Waals surface area contributed by atoms with Crippen LogP contribution in [-0.4, -0.2) is 26.8 Å². The summed E-state index contributed by atoms with van der Waals surface area (Å²) < 4.78 is 5.02. The number of hydrogen-bond donors (Lipinski definition) is 1. The normalized spacial score (nSPS) is 25.4. The summed E-state index contributed by atoms with van der Waals surface area (Å²) in [4.78, 5) is 0. The van der Waals surface area contributed by atoms with Gasteiger partial charge in [-0.15, -0.1) is 0 Å². The van der Waals surface area contributed by atoms with E-state index in [2.05, 4.69) is 25.2 Å². The second kappa shape index (κ2) is 9.57. The molecule has 2 atom stereocenters. The molecule has 0 aromatic carbocycles. The zero-order valence-electron chi connectivity index (χ0n) is 12.5. The molecule has 106 valence electrons. The molecule has 0 aliphatic heterocycles. The van der Waals surface area contributed by atoms with Gasteiger partial charge < -0.3 is 10.1 Å². The minimum atomic E-state index is 0.809. The number of ether oxygens (including phenoxy) is 1. The number of rotatable bonds is 8. The van der Waals surface area contributed by atoms with Crippen molar-refractivity contribution in [2.24, 2.45) is 11.8 Å². The lowest BCUT2D eigenvalue weighted by Gasteiger charge is -2.31. The molecule has 0 heterocycles. The SMILES string of the molecule is CCC1CCCCC1C(C)=CCCNCCOC. The van der Waals surface area contributed by atoms with Gasteiger partial charge in [-0.1, -0.05) is 37.8 Å². The number of allylic oxidation sites excluding steroid dienone is 1. The van der Waals surface area contributed by atoms with E-state index in [1.54, 1.807) is 12.7 Å². The van der Waals surface area contributed by atoms with Gasteiger partial charge in [-0.25, -0.2) is 0 Å². The lowest BCUT2D eigenvalue weighted by Crippen LogP contribution is -2.21. The van der Waals surface area contributed by atoms with Gasteiger partial charge in [0.1, 0.15) is 0 Å². The molecule has 0 bridgehead atoms. The van der Waals surface area contributed by atoms with Crippen molar-refractivity contribution in [3.8, 4) is 0 Å². The van der Waals surface area contributed by atoms with E-state index in [4.69, 9.17) is 4.74 Å². The lowest BCUT2D eigenvalue weighted by molar-refractivity contribution is 0.199. The minimum Gasteiger partial charge on any atom is -0.383 e. The third-order valence-electron chi connectivity index (χ3n) is 4.29. The van der Waals surface area contributed by atoms with Crippen LogP contribution in [0.15, 0.2) is 11.6 Å². The maximum absolute atomic E-state index is 5.02. The van der Waals surface area contributed by atoms with Crippen LogP contribution in [0.4, 0.5) is 0 Å². The highest BCUT2D eigenvalue weighted by molar-refractivity contribution is 5.06. The Balaban J connectivity index is 2.26. The summed E-state index contributed by atoms with van der Waals surface area (Å²) in [6, 6.07) is 0. The molecule has 1 aliphatic carbocycles. The van der Waals surface area contributed by atoms with E-state index in [-0.39, 0.29) is 0 Å². The topological polar surface area (TPSA) is 21.3 Å². The van der Waals surface area contributed by atoms with Crippen LogP contribution in [0.2, 0.25) is 0 Å². The summed E-state index contributed by atoms with van der Waals surface area (Å²) in [6.45, 7) is 7.54. The number of hydrogen-bond acceptors (Lipinski definition) is 2. The fourth-order valence-electron chi connectivity index (χ4n) is 3.15. The third-order valence-corrected chi connectivity index (χ3v) is 4.29. The molecule has 0 amide bonds. The van der Waals surface area contributed by atoms with E-state index in [1.165, 1.54) is 32.1 Å². The van der Waals surface area contributed by atoms with Gasteiger partial charge in [-0.05, 0) is 44.6 Å². The van der Waals surface area contributed by atoms with Crippen LogP contribution < -0.4 is 5.32 Å². The fourth-order valence-corrected chi connectivity index (χ4v) is 3.15. The average Bonchev–Trinajstić information content (AvgIpc) is 2.42.